The van der Waals surface area contributed by atoms with Crippen molar-refractivity contribution >= 4 is 17.6 Å². The van der Waals surface area contributed by atoms with Gasteiger partial charge in [0.1, 0.15) is 5.76 Å². The number of thiazole rings is 1. The fraction of sp³-hybridized carbons (Fsp3) is 0.448. The molecule has 0 spiro atoms. The van der Waals surface area contributed by atoms with Gasteiger partial charge in [-0.1, -0.05) is 51.0 Å². The first kappa shape index (κ1) is 29.4. The molecule has 1 rings (SSSR count). The summed E-state index contributed by atoms with van der Waals surface area (Å²) in [6, 6.07) is 0. The predicted molar refractivity (Wildman–Crippen MR) is 149 cm³/mol. The Kier molecular flexibility index (Phi) is 14.6. The highest BCUT2D eigenvalue weighted by Crippen LogP contribution is 2.25. The van der Waals surface area contributed by atoms with Crippen molar-refractivity contribution in [2.45, 2.75) is 80.7 Å². The molecule has 0 aliphatic carbocycles. The van der Waals surface area contributed by atoms with E-state index in [0.29, 0.717) is 13.2 Å². The van der Waals surface area contributed by atoms with Gasteiger partial charge in [0.25, 0.3) is 0 Å². The van der Waals surface area contributed by atoms with Crippen LogP contribution >= 0.6 is 11.3 Å². The molecule has 1 aromatic rings. The van der Waals surface area contributed by atoms with Gasteiger partial charge in [-0.25, -0.2) is 4.98 Å². The number of hydrogen-bond acceptors (Lipinski definition) is 5. The van der Waals surface area contributed by atoms with Crippen molar-refractivity contribution in [1.82, 2.24) is 10.3 Å². The van der Waals surface area contributed by atoms with E-state index in [-0.39, 0.29) is 0 Å². The zero-order valence-electron chi connectivity index (χ0n) is 22.1. The number of nitrogens with one attached hydrogen (secondary N) is 2. The quantitative estimate of drug-likeness (QED) is 0.150. The molecule has 0 unspecified atom stereocenters. The zero-order valence-corrected chi connectivity index (χ0v) is 22.9. The number of unbranched alkanes of at least 4 members (excludes halogenated alkanes) is 2. The first-order valence-corrected chi connectivity index (χ1v) is 13.2. The Morgan fingerprint density at radius 2 is 1.85 bits per heavy atom. The number of rotatable bonds is 15. The Labute approximate surface area is 211 Å². The van der Waals surface area contributed by atoms with E-state index in [1.807, 2.05) is 32.4 Å². The van der Waals surface area contributed by atoms with Gasteiger partial charge in [-0.2, -0.15) is 0 Å². The van der Waals surface area contributed by atoms with Crippen molar-refractivity contribution in [3.05, 3.63) is 86.3 Å². The second-order valence-corrected chi connectivity index (χ2v) is 9.01. The van der Waals surface area contributed by atoms with Crippen LogP contribution in [0.3, 0.4) is 0 Å². The number of aromatic nitrogens is 1. The average Bonchev–Trinajstić information content (AvgIpc) is 3.25. The van der Waals surface area contributed by atoms with E-state index in [0.717, 1.165) is 65.1 Å². The van der Waals surface area contributed by atoms with Crippen LogP contribution in [-0.2, 0) is 11.3 Å². The van der Waals surface area contributed by atoms with Gasteiger partial charge < -0.3 is 15.5 Å². The fourth-order valence-electron chi connectivity index (χ4n) is 3.31. The molecule has 0 fully saturated rings. The molecule has 0 aromatic carbocycles. The van der Waals surface area contributed by atoms with Gasteiger partial charge in [0.2, 0.25) is 0 Å². The molecular weight excluding hydrogens is 438 g/mol. The molecule has 0 saturated carbocycles. The molecule has 1 heterocycles. The monoisotopic (exact) mass is 481 g/mol. The lowest BCUT2D eigenvalue weighted by Crippen LogP contribution is -2.15. The molecule has 1 aromatic heterocycles. The highest BCUT2D eigenvalue weighted by atomic mass is 32.1. The highest BCUT2D eigenvalue weighted by molar-refractivity contribution is 7.09. The smallest absolute Gasteiger partial charge is 0.122 e. The summed E-state index contributed by atoms with van der Waals surface area (Å²) >= 11 is 1.66. The van der Waals surface area contributed by atoms with Crippen LogP contribution in [-0.4, -0.2) is 17.8 Å². The average molecular weight is 482 g/mol. The molecule has 0 radical (unpaired) electrons. The summed E-state index contributed by atoms with van der Waals surface area (Å²) in [7, 11) is 0. The molecule has 5 heteroatoms. The van der Waals surface area contributed by atoms with Crippen LogP contribution in [0.1, 0.15) is 77.8 Å². The molecule has 34 heavy (non-hydrogen) atoms. The molecule has 2 N–H and O–H groups in total. The number of hydrogen-bond donors (Lipinski definition) is 2. The van der Waals surface area contributed by atoms with Crippen LogP contribution in [0.2, 0.25) is 0 Å². The van der Waals surface area contributed by atoms with Crippen LogP contribution in [0, 0.1) is 12.3 Å². The summed E-state index contributed by atoms with van der Waals surface area (Å²) in [5, 5.41) is 11.6. The second-order valence-electron chi connectivity index (χ2n) is 8.07. The minimum atomic E-state index is 0.623. The third-order valence-corrected chi connectivity index (χ3v) is 6.29. The third-order valence-electron chi connectivity index (χ3n) is 5.35. The maximum Gasteiger partial charge on any atom is 0.122 e. The summed E-state index contributed by atoms with van der Waals surface area (Å²) < 4.78 is 6.05. The van der Waals surface area contributed by atoms with Crippen molar-refractivity contribution in [1.29, 1.82) is 5.41 Å². The first-order chi connectivity index (χ1) is 16.4. The summed E-state index contributed by atoms with van der Waals surface area (Å²) in [5.41, 5.74) is 8.14. The van der Waals surface area contributed by atoms with E-state index in [2.05, 4.69) is 68.4 Å². The number of nitrogens with zero attached hydrogens (tertiary/aromatic N) is 1. The van der Waals surface area contributed by atoms with Crippen LogP contribution in [0.25, 0.3) is 0 Å². The van der Waals surface area contributed by atoms with Crippen LogP contribution in [0.15, 0.2) is 75.7 Å². The van der Waals surface area contributed by atoms with E-state index in [1.54, 1.807) is 11.3 Å². The van der Waals surface area contributed by atoms with Gasteiger partial charge in [-0.05, 0) is 76.3 Å². The SMILES string of the molecule is C\C=C/C=C(C(=C\CCC)\OCC)/C(C)=C/C(NCc1scnc1C)=C(C)\C(C=N)=C\CCC. The summed E-state index contributed by atoms with van der Waals surface area (Å²) in [5.74, 6) is 0.917. The van der Waals surface area contributed by atoms with Crippen LogP contribution in [0.5, 0.6) is 0 Å². The Bertz CT molecular complexity index is 958. The van der Waals surface area contributed by atoms with Crippen molar-refractivity contribution in [3.63, 3.8) is 0 Å². The van der Waals surface area contributed by atoms with Gasteiger partial charge in [0, 0.05) is 22.4 Å². The van der Waals surface area contributed by atoms with E-state index < -0.39 is 0 Å². The van der Waals surface area contributed by atoms with Gasteiger partial charge >= 0.3 is 0 Å². The third kappa shape index (κ3) is 9.68. The molecule has 186 valence electrons. The van der Waals surface area contributed by atoms with E-state index in [4.69, 9.17) is 10.1 Å². The van der Waals surface area contributed by atoms with Crippen LogP contribution in [0.4, 0.5) is 0 Å². The molecule has 0 bridgehead atoms. The minimum absolute atomic E-state index is 0.623. The lowest BCUT2D eigenvalue weighted by Gasteiger charge is -2.17. The van der Waals surface area contributed by atoms with Crippen molar-refractivity contribution in [3.8, 4) is 0 Å². The maximum absolute atomic E-state index is 7.99. The molecule has 0 atom stereocenters. The molecule has 0 amide bonds. The molecule has 0 aliphatic rings. The number of allylic oxidation sites excluding steroid dienone is 9. The zero-order chi connectivity index (χ0) is 25.3. The summed E-state index contributed by atoms with van der Waals surface area (Å²) in [6.45, 7) is 16.0. The lowest BCUT2D eigenvalue weighted by molar-refractivity contribution is 0.237. The Morgan fingerprint density at radius 3 is 2.41 bits per heavy atom. The molecular formula is C29H43N3OS. The molecule has 0 aliphatic heterocycles. The van der Waals surface area contributed by atoms with E-state index in [9.17, 15) is 0 Å². The lowest BCUT2D eigenvalue weighted by atomic mass is 9.99. The minimum Gasteiger partial charge on any atom is -0.494 e. The molecule has 0 saturated heterocycles. The fourth-order valence-corrected chi connectivity index (χ4v) is 4.03. The van der Waals surface area contributed by atoms with E-state index in [1.165, 1.54) is 11.1 Å². The topological polar surface area (TPSA) is 58.0 Å². The number of ether oxygens (including phenoxy) is 1. The Hall–Kier alpha value is -2.66. The van der Waals surface area contributed by atoms with Gasteiger partial charge in [-0.3, -0.25) is 0 Å². The van der Waals surface area contributed by atoms with E-state index >= 15 is 0 Å². The van der Waals surface area contributed by atoms with Gasteiger partial charge in [0.05, 0.1) is 24.4 Å². The van der Waals surface area contributed by atoms with Crippen molar-refractivity contribution < 1.29 is 4.74 Å². The highest BCUT2D eigenvalue weighted by Gasteiger charge is 2.12. The Morgan fingerprint density at radius 1 is 1.15 bits per heavy atom. The van der Waals surface area contributed by atoms with Crippen LogP contribution < -0.4 is 5.32 Å². The predicted octanol–water partition coefficient (Wildman–Crippen LogP) is 8.36. The number of aryl methyl sites for hydroxylation is 1. The van der Waals surface area contributed by atoms with Crippen molar-refractivity contribution in [2.75, 3.05) is 6.61 Å². The normalized spacial score (nSPS) is 14.4. The first-order valence-electron chi connectivity index (χ1n) is 12.3. The molecule has 4 nitrogen and oxygen atoms in total. The Balaban J connectivity index is 3.57. The van der Waals surface area contributed by atoms with Gasteiger partial charge in [0.15, 0.2) is 0 Å². The summed E-state index contributed by atoms with van der Waals surface area (Å²) in [6.07, 6.45) is 18.2. The second kappa shape index (κ2) is 16.9. The largest absolute Gasteiger partial charge is 0.494 e. The van der Waals surface area contributed by atoms with Crippen molar-refractivity contribution in [2.24, 2.45) is 0 Å². The maximum atomic E-state index is 7.99. The standard InChI is InChI=1S/C29H43N3OS/c1-8-12-15-25(19-30)23(6)27(31-20-29-24(7)32-21-34-29)18-22(5)26(16-13-9-2)28(33-11-4)17-14-10-3/h9,13,15-19,21,30-31H,8,10-12,14,20H2,1-7H3/b13-9-,22-18+,25-15+,26-16-,27-23+,28-17-,30-19?. The summed E-state index contributed by atoms with van der Waals surface area (Å²) in [4.78, 5) is 5.60. The van der Waals surface area contributed by atoms with Gasteiger partial charge in [-0.15, -0.1) is 11.3 Å².